The Hall–Kier alpha value is -2.04. The van der Waals surface area contributed by atoms with Crippen LogP contribution in [-0.4, -0.2) is 42.9 Å². The number of hydrogen-bond donors (Lipinski definition) is 0. The Bertz CT molecular complexity index is 490. The number of ether oxygens (including phenoxy) is 2. The molecule has 0 saturated carbocycles. The van der Waals surface area contributed by atoms with Gasteiger partial charge in [0.1, 0.15) is 5.78 Å². The van der Waals surface area contributed by atoms with Crippen molar-refractivity contribution in [3.05, 3.63) is 24.3 Å². The van der Waals surface area contributed by atoms with E-state index in [-0.39, 0.29) is 11.7 Å². The maximum Gasteiger partial charge on any atom is 0.263 e. The van der Waals surface area contributed by atoms with E-state index in [0.29, 0.717) is 37.4 Å². The summed E-state index contributed by atoms with van der Waals surface area (Å²) in [7, 11) is 1.56. The first-order valence-electron chi connectivity index (χ1n) is 6.72. The second-order valence-electron chi connectivity index (χ2n) is 4.77. The molecular formula is C15H19NO4. The van der Waals surface area contributed by atoms with Gasteiger partial charge in [0.15, 0.2) is 17.6 Å². The number of amides is 1. The summed E-state index contributed by atoms with van der Waals surface area (Å²) in [6.07, 6.45) is 0.278. The minimum Gasteiger partial charge on any atom is -0.493 e. The molecule has 0 bridgehead atoms. The number of nitrogens with zero attached hydrogens (tertiary/aromatic N) is 1. The standard InChI is InChI=1S/C15H19NO4/c1-11(15(18)16-9-7-12(17)8-10-16)20-14-6-4-3-5-13(14)19-2/h3-6,11H,7-10H2,1-2H3. The second kappa shape index (κ2) is 6.41. The average Bonchev–Trinajstić information content (AvgIpc) is 2.48. The fraction of sp³-hybridized carbons (Fsp3) is 0.467. The van der Waals surface area contributed by atoms with Gasteiger partial charge in [-0.15, -0.1) is 0 Å². The number of rotatable bonds is 4. The molecule has 1 aliphatic heterocycles. The summed E-state index contributed by atoms with van der Waals surface area (Å²) in [6, 6.07) is 7.22. The van der Waals surface area contributed by atoms with Crippen molar-refractivity contribution in [2.24, 2.45) is 0 Å². The van der Waals surface area contributed by atoms with E-state index in [1.807, 2.05) is 12.1 Å². The average molecular weight is 277 g/mol. The first-order valence-corrected chi connectivity index (χ1v) is 6.72. The van der Waals surface area contributed by atoms with Crippen molar-refractivity contribution in [1.82, 2.24) is 4.90 Å². The van der Waals surface area contributed by atoms with Gasteiger partial charge in [0.2, 0.25) is 0 Å². The lowest BCUT2D eigenvalue weighted by Gasteiger charge is -2.28. The SMILES string of the molecule is COc1ccccc1OC(C)C(=O)N1CCC(=O)CC1. The van der Waals surface area contributed by atoms with E-state index < -0.39 is 6.10 Å². The lowest BCUT2D eigenvalue weighted by Crippen LogP contribution is -2.44. The fourth-order valence-electron chi connectivity index (χ4n) is 2.19. The Morgan fingerprint density at radius 1 is 1.20 bits per heavy atom. The highest BCUT2D eigenvalue weighted by atomic mass is 16.5. The molecule has 1 amide bonds. The molecule has 1 atom stereocenters. The van der Waals surface area contributed by atoms with Gasteiger partial charge in [0.25, 0.3) is 5.91 Å². The number of piperidine rings is 1. The van der Waals surface area contributed by atoms with Gasteiger partial charge in [-0.1, -0.05) is 12.1 Å². The Morgan fingerprint density at radius 3 is 2.40 bits per heavy atom. The molecule has 5 nitrogen and oxygen atoms in total. The smallest absolute Gasteiger partial charge is 0.263 e. The highest BCUT2D eigenvalue weighted by Crippen LogP contribution is 2.27. The second-order valence-corrected chi connectivity index (χ2v) is 4.77. The van der Waals surface area contributed by atoms with E-state index in [0.717, 1.165) is 0 Å². The molecular weight excluding hydrogens is 258 g/mol. The molecule has 2 rings (SSSR count). The number of likely N-dealkylation sites (tertiary alicyclic amines) is 1. The molecule has 1 fully saturated rings. The molecule has 1 unspecified atom stereocenters. The van der Waals surface area contributed by atoms with Crippen LogP contribution in [0.3, 0.4) is 0 Å². The van der Waals surface area contributed by atoms with Crippen molar-refractivity contribution in [3.63, 3.8) is 0 Å². The third kappa shape index (κ3) is 3.29. The van der Waals surface area contributed by atoms with Crippen LogP contribution in [0.2, 0.25) is 0 Å². The molecule has 1 saturated heterocycles. The van der Waals surface area contributed by atoms with Crippen molar-refractivity contribution in [2.75, 3.05) is 20.2 Å². The molecule has 0 aromatic heterocycles. The molecule has 0 aliphatic carbocycles. The number of hydrogen-bond acceptors (Lipinski definition) is 4. The summed E-state index contributed by atoms with van der Waals surface area (Å²) in [5.74, 6) is 1.26. The van der Waals surface area contributed by atoms with E-state index in [1.165, 1.54) is 0 Å². The zero-order chi connectivity index (χ0) is 14.5. The van der Waals surface area contributed by atoms with Gasteiger partial charge in [-0.25, -0.2) is 0 Å². The van der Waals surface area contributed by atoms with Gasteiger partial charge in [0, 0.05) is 25.9 Å². The lowest BCUT2D eigenvalue weighted by atomic mass is 10.1. The minimum absolute atomic E-state index is 0.0941. The van der Waals surface area contributed by atoms with Gasteiger partial charge in [-0.05, 0) is 19.1 Å². The normalized spacial score (nSPS) is 16.7. The van der Waals surface area contributed by atoms with Gasteiger partial charge in [0.05, 0.1) is 7.11 Å². The number of para-hydroxylation sites is 2. The van der Waals surface area contributed by atoms with E-state index in [1.54, 1.807) is 31.1 Å². The van der Waals surface area contributed by atoms with Gasteiger partial charge >= 0.3 is 0 Å². The fourth-order valence-corrected chi connectivity index (χ4v) is 2.19. The van der Waals surface area contributed by atoms with E-state index >= 15 is 0 Å². The molecule has 108 valence electrons. The Morgan fingerprint density at radius 2 is 1.80 bits per heavy atom. The maximum atomic E-state index is 12.3. The number of ketones is 1. The highest BCUT2D eigenvalue weighted by Gasteiger charge is 2.26. The quantitative estimate of drug-likeness (QED) is 0.839. The summed E-state index contributed by atoms with van der Waals surface area (Å²) in [5, 5.41) is 0. The highest BCUT2D eigenvalue weighted by molar-refractivity contribution is 5.85. The molecule has 1 heterocycles. The van der Waals surface area contributed by atoms with E-state index in [9.17, 15) is 9.59 Å². The molecule has 1 aromatic carbocycles. The predicted molar refractivity (Wildman–Crippen MR) is 73.9 cm³/mol. The third-order valence-corrected chi connectivity index (χ3v) is 3.35. The number of benzene rings is 1. The molecule has 5 heteroatoms. The van der Waals surface area contributed by atoms with E-state index in [4.69, 9.17) is 9.47 Å². The Kier molecular flexibility index (Phi) is 4.61. The lowest BCUT2D eigenvalue weighted by molar-refractivity contribution is -0.140. The summed E-state index contributed by atoms with van der Waals surface area (Å²) in [4.78, 5) is 25.1. The van der Waals surface area contributed by atoms with Crippen LogP contribution in [0.25, 0.3) is 0 Å². The Balaban J connectivity index is 1.98. The van der Waals surface area contributed by atoms with Gasteiger partial charge in [-0.2, -0.15) is 0 Å². The van der Waals surface area contributed by atoms with Crippen LogP contribution in [0.5, 0.6) is 11.5 Å². The molecule has 20 heavy (non-hydrogen) atoms. The summed E-state index contributed by atoms with van der Waals surface area (Å²) < 4.78 is 10.9. The third-order valence-electron chi connectivity index (χ3n) is 3.35. The van der Waals surface area contributed by atoms with Crippen LogP contribution < -0.4 is 9.47 Å². The van der Waals surface area contributed by atoms with Crippen LogP contribution >= 0.6 is 0 Å². The zero-order valence-electron chi connectivity index (χ0n) is 11.8. The first-order chi connectivity index (χ1) is 9.61. The summed E-state index contributed by atoms with van der Waals surface area (Å²) >= 11 is 0. The Labute approximate surface area is 118 Å². The maximum absolute atomic E-state index is 12.3. The van der Waals surface area contributed by atoms with Crippen molar-refractivity contribution < 1.29 is 19.1 Å². The molecule has 0 N–H and O–H groups in total. The molecule has 0 spiro atoms. The molecule has 1 aromatic rings. The molecule has 0 radical (unpaired) electrons. The zero-order valence-corrected chi connectivity index (χ0v) is 11.8. The summed E-state index contributed by atoms with van der Waals surface area (Å²) in [5.41, 5.74) is 0. The first kappa shape index (κ1) is 14.4. The van der Waals surface area contributed by atoms with Gasteiger partial charge in [-0.3, -0.25) is 9.59 Å². The number of carbonyl (C=O) groups excluding carboxylic acids is 2. The van der Waals surface area contributed by atoms with Gasteiger partial charge < -0.3 is 14.4 Å². The van der Waals surface area contributed by atoms with E-state index in [2.05, 4.69) is 0 Å². The van der Waals surface area contributed by atoms with Crippen LogP contribution in [0.4, 0.5) is 0 Å². The topological polar surface area (TPSA) is 55.8 Å². The van der Waals surface area contributed by atoms with Crippen molar-refractivity contribution in [2.45, 2.75) is 25.9 Å². The molecule has 1 aliphatic rings. The van der Waals surface area contributed by atoms with Crippen molar-refractivity contribution >= 4 is 11.7 Å². The van der Waals surface area contributed by atoms with Crippen LogP contribution in [0, 0.1) is 0 Å². The number of methoxy groups -OCH3 is 1. The predicted octanol–water partition coefficient (Wildman–Crippen LogP) is 1.65. The van der Waals surface area contributed by atoms with Crippen LogP contribution in [0.15, 0.2) is 24.3 Å². The largest absolute Gasteiger partial charge is 0.493 e. The minimum atomic E-state index is -0.598. The monoisotopic (exact) mass is 277 g/mol. The van der Waals surface area contributed by atoms with Crippen molar-refractivity contribution in [1.29, 1.82) is 0 Å². The summed E-state index contributed by atoms with van der Waals surface area (Å²) in [6.45, 7) is 2.68. The number of carbonyl (C=O) groups is 2. The number of Topliss-reactive ketones (excluding diaryl/α,β-unsaturated/α-hetero) is 1. The van der Waals surface area contributed by atoms with Crippen molar-refractivity contribution in [3.8, 4) is 11.5 Å². The van der Waals surface area contributed by atoms with Crippen LogP contribution in [-0.2, 0) is 9.59 Å². The van der Waals surface area contributed by atoms with Crippen LogP contribution in [0.1, 0.15) is 19.8 Å².